The van der Waals surface area contributed by atoms with Crippen LogP contribution in [0, 0.1) is 5.92 Å². The van der Waals surface area contributed by atoms with Crippen LogP contribution in [-0.2, 0) is 4.74 Å². The number of nitrogens with zero attached hydrogens (tertiary/aromatic N) is 1. The van der Waals surface area contributed by atoms with Crippen LogP contribution in [0.15, 0.2) is 24.3 Å². The third-order valence-electron chi connectivity index (χ3n) is 4.87. The summed E-state index contributed by atoms with van der Waals surface area (Å²) in [5.74, 6) is 1.29. The fourth-order valence-corrected chi connectivity index (χ4v) is 3.60. The molecule has 2 aliphatic rings. The number of ether oxygens (including phenoxy) is 2. The van der Waals surface area contributed by atoms with E-state index in [1.807, 2.05) is 36.2 Å². The molecule has 1 N–H and O–H groups in total. The fraction of sp³-hybridized carbons (Fsp3) is 0.632. The largest absolute Gasteiger partial charge is 0.490 e. The van der Waals surface area contributed by atoms with E-state index in [1.165, 1.54) is 6.42 Å². The van der Waals surface area contributed by atoms with Crippen molar-refractivity contribution in [3.05, 3.63) is 29.8 Å². The molecule has 0 spiro atoms. The third-order valence-corrected chi connectivity index (χ3v) is 4.87. The fourth-order valence-electron chi connectivity index (χ4n) is 3.60. The van der Waals surface area contributed by atoms with Crippen molar-refractivity contribution in [1.29, 1.82) is 0 Å². The summed E-state index contributed by atoms with van der Waals surface area (Å²) in [4.78, 5) is 14.9. The number of amides is 1. The average molecular weight is 332 g/mol. The molecule has 2 aliphatic heterocycles. The highest BCUT2D eigenvalue weighted by atomic mass is 16.5. The van der Waals surface area contributed by atoms with E-state index in [0.29, 0.717) is 23.8 Å². The van der Waals surface area contributed by atoms with Crippen LogP contribution in [-0.4, -0.2) is 56.8 Å². The van der Waals surface area contributed by atoms with Gasteiger partial charge in [-0.2, -0.15) is 0 Å². The Labute approximate surface area is 144 Å². The average Bonchev–Trinajstić information content (AvgIpc) is 3.14. The molecule has 5 heteroatoms. The maximum Gasteiger partial charge on any atom is 0.257 e. The van der Waals surface area contributed by atoms with E-state index in [1.54, 1.807) is 0 Å². The van der Waals surface area contributed by atoms with Crippen molar-refractivity contribution in [3.8, 4) is 5.75 Å². The number of hydrogen-bond donors (Lipinski definition) is 1. The van der Waals surface area contributed by atoms with Crippen LogP contribution in [0.25, 0.3) is 0 Å². The second kappa shape index (κ2) is 8.49. The van der Waals surface area contributed by atoms with Gasteiger partial charge in [-0.25, -0.2) is 0 Å². The summed E-state index contributed by atoms with van der Waals surface area (Å²) in [5.41, 5.74) is 0.667. The molecule has 0 aromatic heterocycles. The lowest BCUT2D eigenvalue weighted by Crippen LogP contribution is -2.42. The van der Waals surface area contributed by atoms with Gasteiger partial charge in [-0.3, -0.25) is 4.79 Å². The number of piperidine rings is 1. The Morgan fingerprint density at radius 1 is 1.33 bits per heavy atom. The summed E-state index contributed by atoms with van der Waals surface area (Å²) in [6, 6.07) is 7.58. The van der Waals surface area contributed by atoms with Gasteiger partial charge in [-0.05, 0) is 57.3 Å². The quantitative estimate of drug-likeness (QED) is 0.868. The normalized spacial score (nSPS) is 24.1. The van der Waals surface area contributed by atoms with Crippen LogP contribution >= 0.6 is 0 Å². The van der Waals surface area contributed by atoms with Gasteiger partial charge in [0.2, 0.25) is 0 Å². The van der Waals surface area contributed by atoms with Gasteiger partial charge >= 0.3 is 0 Å². The van der Waals surface area contributed by atoms with Gasteiger partial charge in [0.1, 0.15) is 12.4 Å². The lowest BCUT2D eigenvalue weighted by Gasteiger charge is -2.33. The van der Waals surface area contributed by atoms with Gasteiger partial charge in [0, 0.05) is 19.7 Å². The first-order valence-corrected chi connectivity index (χ1v) is 9.05. The topological polar surface area (TPSA) is 50.8 Å². The molecule has 3 rings (SSSR count). The maximum absolute atomic E-state index is 13.0. The minimum atomic E-state index is 0.0822. The molecule has 0 radical (unpaired) electrons. The molecule has 2 fully saturated rings. The van der Waals surface area contributed by atoms with Crippen LogP contribution in [0.5, 0.6) is 5.75 Å². The third kappa shape index (κ3) is 4.28. The van der Waals surface area contributed by atoms with Gasteiger partial charge in [0.15, 0.2) is 0 Å². The van der Waals surface area contributed by atoms with Crippen LogP contribution in [0.4, 0.5) is 0 Å². The van der Waals surface area contributed by atoms with Crippen molar-refractivity contribution in [1.82, 2.24) is 10.2 Å². The first-order chi connectivity index (χ1) is 11.8. The number of para-hydroxylation sites is 1. The zero-order valence-corrected chi connectivity index (χ0v) is 14.5. The molecule has 2 atom stereocenters. The van der Waals surface area contributed by atoms with Crippen molar-refractivity contribution in [2.24, 2.45) is 5.92 Å². The van der Waals surface area contributed by atoms with Crippen molar-refractivity contribution < 1.29 is 14.3 Å². The zero-order valence-electron chi connectivity index (χ0n) is 14.5. The predicted octanol–water partition coefficient (Wildman–Crippen LogP) is 2.32. The van der Waals surface area contributed by atoms with Crippen molar-refractivity contribution >= 4 is 5.91 Å². The Bertz CT molecular complexity index is 541. The van der Waals surface area contributed by atoms with Crippen molar-refractivity contribution in [2.75, 3.05) is 39.9 Å². The first-order valence-electron chi connectivity index (χ1n) is 9.05. The van der Waals surface area contributed by atoms with Gasteiger partial charge in [0.05, 0.1) is 11.7 Å². The van der Waals surface area contributed by atoms with Crippen LogP contribution < -0.4 is 10.1 Å². The SMILES string of the molecule is CNC[C@@H]1CCCN(C(=O)c2ccccc2OC[C@@H]2CCCO2)C1. The number of nitrogens with one attached hydrogen (secondary N) is 1. The Morgan fingerprint density at radius 2 is 2.21 bits per heavy atom. The van der Waals surface area contributed by atoms with E-state index in [-0.39, 0.29) is 12.0 Å². The Balaban J connectivity index is 1.65. The second-order valence-electron chi connectivity index (χ2n) is 6.76. The molecule has 24 heavy (non-hydrogen) atoms. The molecule has 0 aliphatic carbocycles. The number of benzene rings is 1. The summed E-state index contributed by atoms with van der Waals surface area (Å²) in [6.07, 6.45) is 4.53. The molecule has 2 heterocycles. The number of carbonyl (C=O) groups excluding carboxylic acids is 1. The van der Waals surface area contributed by atoms with Gasteiger partial charge in [0.25, 0.3) is 5.91 Å². The predicted molar refractivity (Wildman–Crippen MR) is 93.5 cm³/mol. The van der Waals surface area contributed by atoms with Crippen molar-refractivity contribution in [3.63, 3.8) is 0 Å². The minimum absolute atomic E-state index is 0.0822. The smallest absolute Gasteiger partial charge is 0.257 e. The van der Waals surface area contributed by atoms with Crippen LogP contribution in [0.3, 0.4) is 0 Å². The highest BCUT2D eigenvalue weighted by molar-refractivity contribution is 5.97. The number of hydrogen-bond acceptors (Lipinski definition) is 4. The molecule has 1 aromatic rings. The number of carbonyl (C=O) groups is 1. The molecule has 0 unspecified atom stereocenters. The molecular formula is C19H28N2O3. The molecule has 0 saturated carbocycles. The Kier molecular flexibility index (Phi) is 6.10. The highest BCUT2D eigenvalue weighted by Crippen LogP contribution is 2.24. The van der Waals surface area contributed by atoms with Gasteiger partial charge in [-0.15, -0.1) is 0 Å². The minimum Gasteiger partial charge on any atom is -0.490 e. The summed E-state index contributed by atoms with van der Waals surface area (Å²) >= 11 is 0. The highest BCUT2D eigenvalue weighted by Gasteiger charge is 2.26. The van der Waals surface area contributed by atoms with E-state index in [0.717, 1.165) is 45.5 Å². The van der Waals surface area contributed by atoms with Crippen LogP contribution in [0.1, 0.15) is 36.0 Å². The molecular weight excluding hydrogens is 304 g/mol. The van der Waals surface area contributed by atoms with E-state index in [4.69, 9.17) is 9.47 Å². The van der Waals surface area contributed by atoms with Crippen molar-refractivity contribution in [2.45, 2.75) is 31.8 Å². The molecule has 1 amide bonds. The first kappa shape index (κ1) is 17.2. The van der Waals surface area contributed by atoms with Crippen LogP contribution in [0.2, 0.25) is 0 Å². The lowest BCUT2D eigenvalue weighted by atomic mass is 9.97. The summed E-state index contributed by atoms with van der Waals surface area (Å²) in [7, 11) is 1.97. The van der Waals surface area contributed by atoms with E-state index in [9.17, 15) is 4.79 Å². The summed E-state index contributed by atoms with van der Waals surface area (Å²) < 4.78 is 11.5. The molecule has 132 valence electrons. The Hall–Kier alpha value is -1.59. The van der Waals surface area contributed by atoms with E-state index in [2.05, 4.69) is 5.32 Å². The molecule has 2 saturated heterocycles. The lowest BCUT2D eigenvalue weighted by molar-refractivity contribution is 0.0621. The number of rotatable bonds is 6. The summed E-state index contributed by atoms with van der Waals surface area (Å²) in [6.45, 7) is 3.95. The second-order valence-corrected chi connectivity index (χ2v) is 6.76. The standard InChI is InChI=1S/C19H28N2O3/c1-20-12-15-6-4-10-21(13-15)19(22)17-8-2-3-9-18(17)24-14-16-7-5-11-23-16/h2-3,8-9,15-16,20H,4-7,10-14H2,1H3/t15-,16-/m0/s1. The molecule has 5 nitrogen and oxygen atoms in total. The van der Waals surface area contributed by atoms with E-state index >= 15 is 0 Å². The molecule has 1 aromatic carbocycles. The zero-order chi connectivity index (χ0) is 16.8. The number of likely N-dealkylation sites (tertiary alicyclic amines) is 1. The Morgan fingerprint density at radius 3 is 3.00 bits per heavy atom. The summed E-state index contributed by atoms with van der Waals surface area (Å²) in [5, 5.41) is 3.22. The monoisotopic (exact) mass is 332 g/mol. The van der Waals surface area contributed by atoms with Gasteiger partial charge < -0.3 is 19.7 Å². The molecule has 0 bridgehead atoms. The van der Waals surface area contributed by atoms with Gasteiger partial charge in [-0.1, -0.05) is 12.1 Å². The van der Waals surface area contributed by atoms with E-state index < -0.39 is 0 Å². The maximum atomic E-state index is 13.0.